The van der Waals surface area contributed by atoms with Crippen molar-refractivity contribution >= 4 is 27.3 Å². The Morgan fingerprint density at radius 3 is 2.56 bits per heavy atom. The van der Waals surface area contributed by atoms with Gasteiger partial charge < -0.3 is 9.64 Å². The van der Waals surface area contributed by atoms with E-state index in [1.165, 1.54) is 0 Å². The van der Waals surface area contributed by atoms with E-state index in [0.29, 0.717) is 17.2 Å². The van der Waals surface area contributed by atoms with Crippen LogP contribution in [0.15, 0.2) is 18.2 Å². The van der Waals surface area contributed by atoms with Crippen molar-refractivity contribution in [3.8, 4) is 5.75 Å². The maximum Gasteiger partial charge on any atom is 0.261 e. The molecule has 0 N–H and O–H groups in total. The Morgan fingerprint density at radius 1 is 1.24 bits per heavy atom. The van der Waals surface area contributed by atoms with Crippen molar-refractivity contribution in [3.05, 3.63) is 28.8 Å². The highest BCUT2D eigenvalue weighted by atomic mass is 35.5. The molecule has 1 aliphatic carbocycles. The molecule has 0 aromatic heterocycles. The fourth-order valence-electron chi connectivity index (χ4n) is 3.87. The van der Waals surface area contributed by atoms with E-state index in [1.807, 2.05) is 11.8 Å². The van der Waals surface area contributed by atoms with Crippen molar-refractivity contribution in [2.75, 3.05) is 18.1 Å². The van der Waals surface area contributed by atoms with E-state index in [-0.39, 0.29) is 36.1 Å². The fourth-order valence-corrected chi connectivity index (χ4v) is 5.81. The third-order valence-corrected chi connectivity index (χ3v) is 7.08. The normalized spacial score (nSPS) is 22.9. The summed E-state index contributed by atoms with van der Waals surface area (Å²) in [5, 5.41) is 0.625. The summed E-state index contributed by atoms with van der Waals surface area (Å²) in [7, 11) is -3.03. The lowest BCUT2D eigenvalue weighted by Crippen LogP contribution is -2.48. The summed E-state index contributed by atoms with van der Waals surface area (Å²) >= 11 is 5.94. The number of hydrogen-bond acceptors (Lipinski definition) is 4. The third-order valence-electron chi connectivity index (χ3n) is 5.10. The minimum absolute atomic E-state index is 0.0739. The molecule has 3 rings (SSSR count). The standard InChI is InChI=1S/C18H24ClNO4S/c1-13-10-14(19)6-7-17(13)24-11-18(21)20(15-4-2-3-5-15)16-8-9-25(22,23)12-16/h6-7,10,15-16H,2-5,8-9,11-12H2,1H3/t16-/m0/s1. The molecular formula is C18H24ClNO4S. The van der Waals surface area contributed by atoms with Gasteiger partial charge in [0.1, 0.15) is 5.75 Å². The predicted octanol–water partition coefficient (Wildman–Crippen LogP) is 2.99. The zero-order chi connectivity index (χ0) is 18.0. The minimum Gasteiger partial charge on any atom is -0.483 e. The van der Waals surface area contributed by atoms with Crippen LogP contribution in [-0.4, -0.2) is 49.4 Å². The van der Waals surface area contributed by atoms with Gasteiger partial charge >= 0.3 is 0 Å². The summed E-state index contributed by atoms with van der Waals surface area (Å²) in [6, 6.07) is 5.20. The smallest absolute Gasteiger partial charge is 0.261 e. The van der Waals surface area contributed by atoms with Crippen molar-refractivity contribution in [2.24, 2.45) is 0 Å². The van der Waals surface area contributed by atoms with E-state index in [1.54, 1.807) is 18.2 Å². The minimum atomic E-state index is -3.03. The van der Waals surface area contributed by atoms with Crippen LogP contribution in [0.3, 0.4) is 0 Å². The van der Waals surface area contributed by atoms with Crippen LogP contribution in [0.2, 0.25) is 5.02 Å². The summed E-state index contributed by atoms with van der Waals surface area (Å²) in [6.45, 7) is 1.81. The summed E-state index contributed by atoms with van der Waals surface area (Å²) in [4.78, 5) is 14.7. The molecule has 1 aromatic rings. The lowest BCUT2D eigenvalue weighted by Gasteiger charge is -2.34. The van der Waals surface area contributed by atoms with Crippen molar-refractivity contribution in [2.45, 2.75) is 51.1 Å². The van der Waals surface area contributed by atoms with Gasteiger partial charge in [-0.1, -0.05) is 24.4 Å². The summed E-state index contributed by atoms with van der Waals surface area (Å²) < 4.78 is 29.4. The van der Waals surface area contributed by atoms with E-state index in [0.717, 1.165) is 31.2 Å². The molecule has 1 aromatic carbocycles. The van der Waals surface area contributed by atoms with E-state index < -0.39 is 9.84 Å². The first kappa shape index (κ1) is 18.5. The van der Waals surface area contributed by atoms with Gasteiger partial charge in [-0.3, -0.25) is 4.79 Å². The van der Waals surface area contributed by atoms with E-state index >= 15 is 0 Å². The average molecular weight is 386 g/mol. The van der Waals surface area contributed by atoms with Gasteiger partial charge in [-0.15, -0.1) is 0 Å². The number of hydrogen-bond donors (Lipinski definition) is 0. The highest BCUT2D eigenvalue weighted by Crippen LogP contribution is 2.29. The Labute approximate surface area is 154 Å². The first-order valence-corrected chi connectivity index (χ1v) is 11.0. The molecule has 2 aliphatic rings. The van der Waals surface area contributed by atoms with Crippen LogP contribution < -0.4 is 4.74 Å². The SMILES string of the molecule is Cc1cc(Cl)ccc1OCC(=O)N(C1CCCC1)[C@H]1CCS(=O)(=O)C1. The number of aryl methyl sites for hydroxylation is 1. The van der Waals surface area contributed by atoms with E-state index in [2.05, 4.69) is 0 Å². The molecular weight excluding hydrogens is 362 g/mol. The first-order chi connectivity index (χ1) is 11.9. The Morgan fingerprint density at radius 2 is 1.96 bits per heavy atom. The average Bonchev–Trinajstić information content (AvgIpc) is 3.17. The molecule has 1 aliphatic heterocycles. The Hall–Kier alpha value is -1.27. The molecule has 25 heavy (non-hydrogen) atoms. The molecule has 1 saturated carbocycles. The number of nitrogens with zero attached hydrogens (tertiary/aromatic N) is 1. The topological polar surface area (TPSA) is 63.7 Å². The van der Waals surface area contributed by atoms with E-state index in [9.17, 15) is 13.2 Å². The number of amides is 1. The monoisotopic (exact) mass is 385 g/mol. The molecule has 5 nitrogen and oxygen atoms in total. The van der Waals surface area contributed by atoms with Crippen LogP contribution in [0, 0.1) is 6.92 Å². The van der Waals surface area contributed by atoms with Crippen molar-refractivity contribution < 1.29 is 17.9 Å². The second kappa shape index (κ2) is 7.54. The molecule has 2 fully saturated rings. The van der Waals surface area contributed by atoms with Gasteiger partial charge in [-0.25, -0.2) is 8.42 Å². The number of ether oxygens (including phenoxy) is 1. The van der Waals surface area contributed by atoms with Gasteiger partial charge in [-0.2, -0.15) is 0 Å². The second-order valence-corrected chi connectivity index (χ2v) is 9.66. The number of benzene rings is 1. The van der Waals surface area contributed by atoms with Gasteiger partial charge in [-0.05, 0) is 49.9 Å². The van der Waals surface area contributed by atoms with Gasteiger partial charge in [0.05, 0.1) is 11.5 Å². The molecule has 1 amide bonds. The second-order valence-electron chi connectivity index (χ2n) is 6.99. The molecule has 0 radical (unpaired) electrons. The van der Waals surface area contributed by atoms with E-state index in [4.69, 9.17) is 16.3 Å². The lowest BCUT2D eigenvalue weighted by atomic mass is 10.1. The van der Waals surface area contributed by atoms with Crippen LogP contribution in [0.4, 0.5) is 0 Å². The van der Waals surface area contributed by atoms with Crippen molar-refractivity contribution in [3.63, 3.8) is 0 Å². The maximum atomic E-state index is 12.9. The summed E-state index contributed by atoms with van der Waals surface area (Å²) in [5.74, 6) is 0.757. The van der Waals surface area contributed by atoms with Crippen LogP contribution in [-0.2, 0) is 14.6 Å². The molecule has 1 saturated heterocycles. The van der Waals surface area contributed by atoms with Crippen LogP contribution in [0.5, 0.6) is 5.75 Å². The predicted molar refractivity (Wildman–Crippen MR) is 97.8 cm³/mol. The molecule has 138 valence electrons. The number of rotatable bonds is 5. The molecule has 1 atom stereocenters. The first-order valence-electron chi connectivity index (χ1n) is 8.76. The Kier molecular flexibility index (Phi) is 5.58. The van der Waals surface area contributed by atoms with Gasteiger partial charge in [0.2, 0.25) is 0 Å². The third kappa shape index (κ3) is 4.47. The summed E-state index contributed by atoms with van der Waals surface area (Å²) in [6.07, 6.45) is 4.60. The maximum absolute atomic E-state index is 12.9. The number of sulfone groups is 1. The van der Waals surface area contributed by atoms with Crippen LogP contribution in [0.1, 0.15) is 37.7 Å². The largest absolute Gasteiger partial charge is 0.483 e. The Bertz CT molecular complexity index is 743. The highest BCUT2D eigenvalue weighted by Gasteiger charge is 2.39. The highest BCUT2D eigenvalue weighted by molar-refractivity contribution is 7.91. The summed E-state index contributed by atoms with van der Waals surface area (Å²) in [5.41, 5.74) is 0.871. The molecule has 1 heterocycles. The van der Waals surface area contributed by atoms with Gasteiger partial charge in [0.15, 0.2) is 16.4 Å². The fraction of sp³-hybridized carbons (Fsp3) is 0.611. The van der Waals surface area contributed by atoms with Crippen LogP contribution in [0.25, 0.3) is 0 Å². The quantitative estimate of drug-likeness (QED) is 0.781. The van der Waals surface area contributed by atoms with Crippen molar-refractivity contribution in [1.82, 2.24) is 4.90 Å². The van der Waals surface area contributed by atoms with Gasteiger partial charge in [0.25, 0.3) is 5.91 Å². The molecule has 0 unspecified atom stereocenters. The van der Waals surface area contributed by atoms with Crippen LogP contribution >= 0.6 is 11.6 Å². The number of halogens is 1. The molecule has 7 heteroatoms. The molecule has 0 bridgehead atoms. The number of carbonyl (C=O) groups excluding carboxylic acids is 1. The number of carbonyl (C=O) groups is 1. The van der Waals surface area contributed by atoms with Gasteiger partial charge in [0, 0.05) is 17.1 Å². The lowest BCUT2D eigenvalue weighted by molar-refractivity contribution is -0.137. The molecule has 0 spiro atoms. The Balaban J connectivity index is 1.70. The van der Waals surface area contributed by atoms with Crippen molar-refractivity contribution in [1.29, 1.82) is 0 Å². The zero-order valence-corrected chi connectivity index (χ0v) is 16.0. The zero-order valence-electron chi connectivity index (χ0n) is 14.4.